The van der Waals surface area contributed by atoms with Crippen LogP contribution >= 0.6 is 11.3 Å². The molecule has 0 spiro atoms. The summed E-state index contributed by atoms with van der Waals surface area (Å²) in [6, 6.07) is 1.65. The fourth-order valence-corrected chi connectivity index (χ4v) is 1.98. The summed E-state index contributed by atoms with van der Waals surface area (Å²) in [5.74, 6) is -0.264. The lowest BCUT2D eigenvalue weighted by Gasteiger charge is -2.12. The normalized spacial score (nSPS) is 12.2. The Morgan fingerprint density at radius 2 is 2.11 bits per heavy atom. The minimum atomic E-state index is -0.658. The van der Waals surface area contributed by atoms with Crippen LogP contribution in [-0.4, -0.2) is 44.0 Å². The number of carbonyl (C=O) groups is 2. The standard InChI is InChI=1S/C13H17NO4S/c1-9(10(15)5-7-14(2)3)18-11-6-8-19-12(11)13(16)17-4/h5-9H,1-4H3. The second-order valence-electron chi connectivity index (χ2n) is 4.05. The second kappa shape index (κ2) is 6.94. The van der Waals surface area contributed by atoms with Crippen LogP contribution in [0.4, 0.5) is 0 Å². The number of hydrogen-bond acceptors (Lipinski definition) is 6. The first-order valence-electron chi connectivity index (χ1n) is 5.66. The number of ketones is 1. The van der Waals surface area contributed by atoms with Crippen molar-refractivity contribution in [3.05, 3.63) is 28.6 Å². The third-order valence-corrected chi connectivity index (χ3v) is 3.12. The molecular formula is C13H17NO4S. The molecule has 1 unspecified atom stereocenters. The number of thiophene rings is 1. The Kier molecular flexibility index (Phi) is 5.57. The van der Waals surface area contributed by atoms with Gasteiger partial charge in [-0.3, -0.25) is 4.79 Å². The average Bonchev–Trinajstić information content (AvgIpc) is 2.82. The topological polar surface area (TPSA) is 55.8 Å². The number of rotatable bonds is 6. The summed E-state index contributed by atoms with van der Waals surface area (Å²) in [7, 11) is 4.95. The van der Waals surface area contributed by atoms with Crippen molar-refractivity contribution in [1.82, 2.24) is 4.90 Å². The molecule has 0 aliphatic heterocycles. The lowest BCUT2D eigenvalue weighted by atomic mass is 10.2. The number of methoxy groups -OCH3 is 1. The first kappa shape index (κ1) is 15.2. The summed E-state index contributed by atoms with van der Waals surface area (Å²) in [5.41, 5.74) is 0. The molecule has 0 aliphatic carbocycles. The fourth-order valence-electron chi connectivity index (χ4n) is 1.24. The van der Waals surface area contributed by atoms with Gasteiger partial charge in [-0.25, -0.2) is 4.79 Å². The van der Waals surface area contributed by atoms with Gasteiger partial charge in [0.05, 0.1) is 7.11 Å². The van der Waals surface area contributed by atoms with E-state index in [1.54, 1.807) is 29.5 Å². The van der Waals surface area contributed by atoms with Crippen molar-refractivity contribution < 1.29 is 19.1 Å². The van der Waals surface area contributed by atoms with Gasteiger partial charge in [0.1, 0.15) is 5.75 Å². The summed E-state index contributed by atoms with van der Waals surface area (Å²) < 4.78 is 10.1. The summed E-state index contributed by atoms with van der Waals surface area (Å²) in [6.07, 6.45) is 2.43. The number of nitrogens with zero attached hydrogens (tertiary/aromatic N) is 1. The van der Waals surface area contributed by atoms with Gasteiger partial charge in [-0.1, -0.05) is 0 Å². The van der Waals surface area contributed by atoms with Crippen molar-refractivity contribution in [3.63, 3.8) is 0 Å². The van der Waals surface area contributed by atoms with Gasteiger partial charge in [0.15, 0.2) is 16.8 Å². The van der Waals surface area contributed by atoms with E-state index in [0.29, 0.717) is 10.6 Å². The van der Waals surface area contributed by atoms with Gasteiger partial charge in [-0.05, 0) is 18.4 Å². The molecule has 5 nitrogen and oxygen atoms in total. The predicted octanol–water partition coefficient (Wildman–Crippen LogP) is 1.95. The molecule has 1 heterocycles. The van der Waals surface area contributed by atoms with E-state index in [-0.39, 0.29) is 5.78 Å². The quantitative estimate of drug-likeness (QED) is 0.590. The highest BCUT2D eigenvalue weighted by Gasteiger charge is 2.19. The minimum absolute atomic E-state index is 0.171. The Balaban J connectivity index is 2.72. The van der Waals surface area contributed by atoms with Crippen LogP contribution < -0.4 is 4.74 Å². The van der Waals surface area contributed by atoms with Crippen LogP contribution in [-0.2, 0) is 9.53 Å². The largest absolute Gasteiger partial charge is 0.481 e. The Hall–Kier alpha value is -1.82. The van der Waals surface area contributed by atoms with Crippen molar-refractivity contribution in [3.8, 4) is 5.75 Å². The molecule has 0 N–H and O–H groups in total. The monoisotopic (exact) mass is 283 g/mol. The van der Waals surface area contributed by atoms with Crippen LogP contribution in [0.15, 0.2) is 23.7 Å². The van der Waals surface area contributed by atoms with Gasteiger partial charge < -0.3 is 14.4 Å². The summed E-state index contributed by atoms with van der Waals surface area (Å²) in [4.78, 5) is 25.4. The molecule has 0 aliphatic rings. The van der Waals surface area contributed by atoms with E-state index in [0.717, 1.165) is 0 Å². The first-order valence-corrected chi connectivity index (χ1v) is 6.54. The molecule has 19 heavy (non-hydrogen) atoms. The fraction of sp³-hybridized carbons (Fsp3) is 0.385. The van der Waals surface area contributed by atoms with E-state index in [2.05, 4.69) is 4.74 Å². The van der Waals surface area contributed by atoms with Crippen LogP contribution in [0.25, 0.3) is 0 Å². The molecule has 0 saturated carbocycles. The molecule has 1 aromatic heterocycles. The first-order chi connectivity index (χ1) is 8.95. The zero-order chi connectivity index (χ0) is 14.4. The molecule has 6 heteroatoms. The van der Waals surface area contributed by atoms with E-state index >= 15 is 0 Å². The third kappa shape index (κ3) is 4.40. The predicted molar refractivity (Wildman–Crippen MR) is 73.6 cm³/mol. The smallest absolute Gasteiger partial charge is 0.351 e. The van der Waals surface area contributed by atoms with Gasteiger partial charge in [-0.15, -0.1) is 11.3 Å². The lowest BCUT2D eigenvalue weighted by molar-refractivity contribution is -0.120. The van der Waals surface area contributed by atoms with Crippen LogP contribution in [0.2, 0.25) is 0 Å². The van der Waals surface area contributed by atoms with E-state index in [1.807, 2.05) is 14.1 Å². The van der Waals surface area contributed by atoms with Crippen LogP contribution in [0.3, 0.4) is 0 Å². The maximum Gasteiger partial charge on any atom is 0.351 e. The van der Waals surface area contributed by atoms with Gasteiger partial charge in [0.25, 0.3) is 0 Å². The summed E-state index contributed by atoms with van der Waals surface area (Å²) >= 11 is 1.22. The highest BCUT2D eigenvalue weighted by atomic mass is 32.1. The number of carbonyl (C=O) groups excluding carboxylic acids is 2. The van der Waals surface area contributed by atoms with E-state index in [1.165, 1.54) is 24.5 Å². The molecule has 0 amide bonds. The second-order valence-corrected chi connectivity index (χ2v) is 4.96. The SMILES string of the molecule is COC(=O)c1sccc1OC(C)C(=O)C=CN(C)C. The van der Waals surface area contributed by atoms with Crippen molar-refractivity contribution in [2.24, 2.45) is 0 Å². The summed E-state index contributed by atoms with van der Waals surface area (Å²) in [5, 5.41) is 1.72. The molecule has 0 bridgehead atoms. The molecule has 104 valence electrons. The van der Waals surface area contributed by atoms with E-state index in [9.17, 15) is 9.59 Å². The lowest BCUT2D eigenvalue weighted by Crippen LogP contribution is -2.23. The number of ether oxygens (including phenoxy) is 2. The van der Waals surface area contributed by atoms with Crippen molar-refractivity contribution in [1.29, 1.82) is 0 Å². The zero-order valence-corrected chi connectivity index (χ0v) is 12.2. The molecule has 0 radical (unpaired) electrons. The zero-order valence-electron chi connectivity index (χ0n) is 11.4. The van der Waals surface area contributed by atoms with Crippen LogP contribution in [0.5, 0.6) is 5.75 Å². The molecule has 0 fully saturated rings. The average molecular weight is 283 g/mol. The van der Waals surface area contributed by atoms with Crippen LogP contribution in [0, 0.1) is 0 Å². The Labute approximate surface area is 116 Å². The maximum absolute atomic E-state index is 11.8. The minimum Gasteiger partial charge on any atom is -0.481 e. The van der Waals surface area contributed by atoms with E-state index in [4.69, 9.17) is 4.74 Å². The van der Waals surface area contributed by atoms with E-state index < -0.39 is 12.1 Å². The maximum atomic E-state index is 11.8. The highest BCUT2D eigenvalue weighted by Crippen LogP contribution is 2.26. The molecule has 1 aromatic rings. The molecular weight excluding hydrogens is 266 g/mol. The van der Waals surface area contributed by atoms with Gasteiger partial charge in [0.2, 0.25) is 0 Å². The van der Waals surface area contributed by atoms with Crippen molar-refractivity contribution in [2.75, 3.05) is 21.2 Å². The highest BCUT2D eigenvalue weighted by molar-refractivity contribution is 7.12. The van der Waals surface area contributed by atoms with Gasteiger partial charge in [-0.2, -0.15) is 0 Å². The van der Waals surface area contributed by atoms with Crippen molar-refractivity contribution >= 4 is 23.1 Å². The third-order valence-electron chi connectivity index (χ3n) is 2.24. The molecule has 1 atom stereocenters. The van der Waals surface area contributed by atoms with Gasteiger partial charge >= 0.3 is 5.97 Å². The van der Waals surface area contributed by atoms with Crippen molar-refractivity contribution in [2.45, 2.75) is 13.0 Å². The Bertz CT molecular complexity index is 479. The molecule has 0 aromatic carbocycles. The molecule has 0 saturated heterocycles. The number of esters is 1. The Morgan fingerprint density at radius 3 is 2.68 bits per heavy atom. The Morgan fingerprint density at radius 1 is 1.42 bits per heavy atom. The number of hydrogen-bond donors (Lipinski definition) is 0. The van der Waals surface area contributed by atoms with Crippen LogP contribution in [0.1, 0.15) is 16.6 Å². The van der Waals surface area contributed by atoms with Gasteiger partial charge in [0, 0.05) is 26.4 Å². The summed E-state index contributed by atoms with van der Waals surface area (Å²) in [6.45, 7) is 1.64. The molecule has 1 rings (SSSR count).